The van der Waals surface area contributed by atoms with Crippen LogP contribution in [-0.2, 0) is 17.9 Å². The summed E-state index contributed by atoms with van der Waals surface area (Å²) < 4.78 is 0. The van der Waals surface area contributed by atoms with E-state index in [4.69, 9.17) is 11.6 Å². The molecule has 0 spiro atoms. The Kier molecular flexibility index (Phi) is 6.11. The van der Waals surface area contributed by atoms with Crippen LogP contribution in [0, 0.1) is 12.8 Å². The van der Waals surface area contributed by atoms with Gasteiger partial charge in [-0.3, -0.25) is 9.69 Å². The predicted molar refractivity (Wildman–Crippen MR) is 102 cm³/mol. The van der Waals surface area contributed by atoms with Gasteiger partial charge in [0.25, 0.3) is 0 Å². The quantitative estimate of drug-likeness (QED) is 0.871. The van der Waals surface area contributed by atoms with Crippen LogP contribution < -0.4 is 5.32 Å². The first-order chi connectivity index (χ1) is 12.1. The minimum absolute atomic E-state index is 0.125. The summed E-state index contributed by atoms with van der Waals surface area (Å²) in [6, 6.07) is 16.1. The molecule has 3 nitrogen and oxygen atoms in total. The van der Waals surface area contributed by atoms with E-state index in [1.165, 1.54) is 11.1 Å². The average molecular weight is 357 g/mol. The molecule has 0 aromatic heterocycles. The fraction of sp³-hybridized carbons (Fsp3) is 0.381. The molecule has 3 rings (SSSR count). The molecule has 2 aromatic carbocycles. The molecule has 1 fully saturated rings. The maximum Gasteiger partial charge on any atom is 0.223 e. The molecule has 1 N–H and O–H groups in total. The number of piperidine rings is 1. The second-order valence-corrected chi connectivity index (χ2v) is 7.26. The number of benzene rings is 2. The molecule has 1 aliphatic heterocycles. The number of hydrogen-bond acceptors (Lipinski definition) is 2. The van der Waals surface area contributed by atoms with Gasteiger partial charge in [0, 0.05) is 24.0 Å². The number of amides is 1. The Labute approximate surface area is 155 Å². The third kappa shape index (κ3) is 5.07. The van der Waals surface area contributed by atoms with Gasteiger partial charge in [-0.15, -0.1) is 0 Å². The van der Waals surface area contributed by atoms with Crippen molar-refractivity contribution in [3.63, 3.8) is 0 Å². The summed E-state index contributed by atoms with van der Waals surface area (Å²) in [6.45, 7) is 5.66. The molecular weight excluding hydrogens is 332 g/mol. The summed E-state index contributed by atoms with van der Waals surface area (Å²) in [5, 5.41) is 3.78. The number of likely N-dealkylation sites (tertiary alicyclic amines) is 1. The smallest absolute Gasteiger partial charge is 0.223 e. The Morgan fingerprint density at radius 3 is 2.48 bits per heavy atom. The topological polar surface area (TPSA) is 32.3 Å². The number of carbonyl (C=O) groups is 1. The number of nitrogens with zero attached hydrogens (tertiary/aromatic N) is 1. The minimum Gasteiger partial charge on any atom is -0.352 e. The highest BCUT2D eigenvalue weighted by Crippen LogP contribution is 2.20. The molecular formula is C21H25ClN2O. The van der Waals surface area contributed by atoms with Crippen LogP contribution in [0.3, 0.4) is 0 Å². The first kappa shape index (κ1) is 18.0. The van der Waals surface area contributed by atoms with E-state index in [2.05, 4.69) is 41.4 Å². The van der Waals surface area contributed by atoms with Gasteiger partial charge in [-0.25, -0.2) is 0 Å². The predicted octanol–water partition coefficient (Wildman–Crippen LogP) is 4.18. The van der Waals surface area contributed by atoms with Crippen molar-refractivity contribution in [3.8, 4) is 0 Å². The molecule has 0 radical (unpaired) electrons. The van der Waals surface area contributed by atoms with Crippen molar-refractivity contribution in [1.29, 1.82) is 0 Å². The van der Waals surface area contributed by atoms with Crippen molar-refractivity contribution in [3.05, 3.63) is 70.2 Å². The van der Waals surface area contributed by atoms with Crippen molar-refractivity contribution in [1.82, 2.24) is 10.2 Å². The van der Waals surface area contributed by atoms with Gasteiger partial charge >= 0.3 is 0 Å². The zero-order valence-electron chi connectivity index (χ0n) is 14.7. The van der Waals surface area contributed by atoms with Gasteiger partial charge in [0.2, 0.25) is 5.91 Å². The van der Waals surface area contributed by atoms with Gasteiger partial charge < -0.3 is 5.32 Å². The van der Waals surface area contributed by atoms with Crippen LogP contribution in [0.15, 0.2) is 48.5 Å². The van der Waals surface area contributed by atoms with E-state index in [0.29, 0.717) is 6.54 Å². The van der Waals surface area contributed by atoms with Crippen LogP contribution in [0.4, 0.5) is 0 Å². The standard InChI is InChI=1S/C21H25ClN2O/c1-16-4-2-3-5-19(16)15-24-12-10-18(11-13-24)21(25)23-14-17-6-8-20(22)9-7-17/h2-9,18H,10-15H2,1H3,(H,23,25). The van der Waals surface area contributed by atoms with E-state index in [9.17, 15) is 4.79 Å². The molecule has 1 saturated heterocycles. The molecule has 1 heterocycles. The fourth-order valence-corrected chi connectivity index (χ4v) is 3.44. The summed E-state index contributed by atoms with van der Waals surface area (Å²) >= 11 is 5.89. The van der Waals surface area contributed by atoms with Crippen LogP contribution in [0.2, 0.25) is 5.02 Å². The largest absolute Gasteiger partial charge is 0.352 e. The van der Waals surface area contributed by atoms with Gasteiger partial charge in [0.15, 0.2) is 0 Å². The number of nitrogens with one attached hydrogen (secondary N) is 1. The molecule has 0 bridgehead atoms. The van der Waals surface area contributed by atoms with Gasteiger partial charge in [-0.2, -0.15) is 0 Å². The van der Waals surface area contributed by atoms with E-state index in [-0.39, 0.29) is 11.8 Å². The van der Waals surface area contributed by atoms with E-state index in [1.54, 1.807) is 0 Å². The molecule has 132 valence electrons. The van der Waals surface area contributed by atoms with E-state index in [0.717, 1.165) is 43.1 Å². The van der Waals surface area contributed by atoms with Gasteiger partial charge in [0.05, 0.1) is 0 Å². The van der Waals surface area contributed by atoms with E-state index < -0.39 is 0 Å². The summed E-state index contributed by atoms with van der Waals surface area (Å²) in [5.41, 5.74) is 3.80. The lowest BCUT2D eigenvalue weighted by molar-refractivity contribution is -0.126. The van der Waals surface area contributed by atoms with Crippen LogP contribution >= 0.6 is 11.6 Å². The molecule has 25 heavy (non-hydrogen) atoms. The third-order valence-electron chi connectivity index (χ3n) is 4.99. The Balaban J connectivity index is 1.44. The van der Waals surface area contributed by atoms with Crippen LogP contribution in [0.25, 0.3) is 0 Å². The molecule has 0 saturated carbocycles. The highest BCUT2D eigenvalue weighted by Gasteiger charge is 2.24. The molecule has 0 unspecified atom stereocenters. The summed E-state index contributed by atoms with van der Waals surface area (Å²) in [6.07, 6.45) is 1.86. The van der Waals surface area contributed by atoms with Crippen molar-refractivity contribution < 1.29 is 4.79 Å². The molecule has 1 aliphatic rings. The van der Waals surface area contributed by atoms with Crippen LogP contribution in [0.5, 0.6) is 0 Å². The minimum atomic E-state index is 0.125. The monoisotopic (exact) mass is 356 g/mol. The molecule has 2 aromatic rings. The molecule has 4 heteroatoms. The fourth-order valence-electron chi connectivity index (χ4n) is 3.32. The maximum absolute atomic E-state index is 12.4. The van der Waals surface area contributed by atoms with Crippen molar-refractivity contribution >= 4 is 17.5 Å². The Bertz CT molecular complexity index is 706. The Morgan fingerprint density at radius 2 is 1.80 bits per heavy atom. The van der Waals surface area contributed by atoms with Crippen molar-refractivity contribution in [2.24, 2.45) is 5.92 Å². The highest BCUT2D eigenvalue weighted by molar-refractivity contribution is 6.30. The molecule has 0 atom stereocenters. The Morgan fingerprint density at radius 1 is 1.12 bits per heavy atom. The highest BCUT2D eigenvalue weighted by atomic mass is 35.5. The first-order valence-electron chi connectivity index (χ1n) is 8.91. The second-order valence-electron chi connectivity index (χ2n) is 6.82. The van der Waals surface area contributed by atoms with Gasteiger partial charge in [-0.1, -0.05) is 48.0 Å². The lowest BCUT2D eigenvalue weighted by atomic mass is 9.95. The summed E-state index contributed by atoms with van der Waals surface area (Å²) in [7, 11) is 0. The summed E-state index contributed by atoms with van der Waals surface area (Å²) in [5.74, 6) is 0.297. The zero-order chi connectivity index (χ0) is 17.6. The van der Waals surface area contributed by atoms with Crippen LogP contribution in [-0.4, -0.2) is 23.9 Å². The van der Waals surface area contributed by atoms with E-state index in [1.807, 2.05) is 24.3 Å². The molecule has 1 amide bonds. The Hall–Kier alpha value is -1.84. The van der Waals surface area contributed by atoms with E-state index >= 15 is 0 Å². The SMILES string of the molecule is Cc1ccccc1CN1CCC(C(=O)NCc2ccc(Cl)cc2)CC1. The number of aryl methyl sites for hydroxylation is 1. The van der Waals surface area contributed by atoms with Crippen molar-refractivity contribution in [2.75, 3.05) is 13.1 Å². The third-order valence-corrected chi connectivity index (χ3v) is 5.25. The average Bonchev–Trinajstić information content (AvgIpc) is 2.63. The van der Waals surface area contributed by atoms with Gasteiger partial charge in [0.1, 0.15) is 0 Å². The number of carbonyl (C=O) groups excluding carboxylic acids is 1. The lowest BCUT2D eigenvalue weighted by Crippen LogP contribution is -2.40. The molecule has 0 aliphatic carbocycles. The maximum atomic E-state index is 12.4. The number of hydrogen-bond donors (Lipinski definition) is 1. The second kappa shape index (κ2) is 8.50. The lowest BCUT2D eigenvalue weighted by Gasteiger charge is -2.31. The first-order valence-corrected chi connectivity index (χ1v) is 9.28. The van der Waals surface area contributed by atoms with Crippen molar-refractivity contribution in [2.45, 2.75) is 32.9 Å². The number of halogens is 1. The van der Waals surface area contributed by atoms with Gasteiger partial charge in [-0.05, 0) is 61.7 Å². The normalized spacial score (nSPS) is 15.9. The summed E-state index contributed by atoms with van der Waals surface area (Å²) in [4.78, 5) is 14.9. The van der Waals surface area contributed by atoms with Crippen LogP contribution in [0.1, 0.15) is 29.5 Å². The number of rotatable bonds is 5. The zero-order valence-corrected chi connectivity index (χ0v) is 15.4.